The van der Waals surface area contributed by atoms with Crippen molar-refractivity contribution in [3.63, 3.8) is 0 Å². The van der Waals surface area contributed by atoms with Crippen molar-refractivity contribution in [2.45, 2.75) is 19.3 Å². The number of likely N-dealkylation sites (tertiary alicyclic amines) is 1. The van der Waals surface area contributed by atoms with Crippen LogP contribution in [0.15, 0.2) is 0 Å². The standard InChI is InChI=1S/C9H17FNO/c10-7-9-3-1-4-11(8-9)5-2-6-12/h9H,1-8H2. The van der Waals surface area contributed by atoms with Crippen LogP contribution in [0, 0.1) is 5.92 Å². The molecule has 1 aliphatic rings. The van der Waals surface area contributed by atoms with Crippen molar-refractivity contribution in [2.24, 2.45) is 5.92 Å². The summed E-state index contributed by atoms with van der Waals surface area (Å²) in [6.45, 7) is 2.57. The van der Waals surface area contributed by atoms with Crippen molar-refractivity contribution in [2.75, 3.05) is 32.9 Å². The van der Waals surface area contributed by atoms with Gasteiger partial charge in [0, 0.05) is 19.0 Å². The van der Waals surface area contributed by atoms with E-state index < -0.39 is 0 Å². The average Bonchev–Trinajstić information content (AvgIpc) is 2.15. The van der Waals surface area contributed by atoms with Gasteiger partial charge in [-0.25, -0.2) is 5.11 Å². The SMILES string of the molecule is [O]CCCN1CCCC(CF)C1. The van der Waals surface area contributed by atoms with Crippen molar-refractivity contribution < 1.29 is 9.50 Å². The second kappa shape index (κ2) is 5.49. The van der Waals surface area contributed by atoms with Crippen molar-refractivity contribution in [3.8, 4) is 0 Å². The Bertz CT molecular complexity index is 121. The molecule has 0 aliphatic carbocycles. The van der Waals surface area contributed by atoms with Gasteiger partial charge in [0.2, 0.25) is 0 Å². The van der Waals surface area contributed by atoms with E-state index in [0.717, 1.165) is 32.5 Å². The van der Waals surface area contributed by atoms with E-state index in [0.29, 0.717) is 6.42 Å². The van der Waals surface area contributed by atoms with Gasteiger partial charge in [0.25, 0.3) is 0 Å². The van der Waals surface area contributed by atoms with Gasteiger partial charge in [-0.2, -0.15) is 0 Å². The lowest BCUT2D eigenvalue weighted by molar-refractivity contribution is 0.127. The molecule has 0 saturated carbocycles. The number of nitrogens with zero attached hydrogens (tertiary/aromatic N) is 1. The molecule has 0 spiro atoms. The summed E-state index contributed by atoms with van der Waals surface area (Å²) in [5, 5.41) is 10.2. The largest absolute Gasteiger partial charge is 0.303 e. The van der Waals surface area contributed by atoms with Gasteiger partial charge in [-0.3, -0.25) is 4.39 Å². The molecule has 1 heterocycles. The van der Waals surface area contributed by atoms with Gasteiger partial charge in [-0.15, -0.1) is 0 Å². The molecule has 1 saturated heterocycles. The molecule has 0 aromatic rings. The van der Waals surface area contributed by atoms with E-state index in [1.165, 1.54) is 0 Å². The highest BCUT2D eigenvalue weighted by Crippen LogP contribution is 2.16. The summed E-state index contributed by atoms with van der Waals surface area (Å²) in [7, 11) is 0. The monoisotopic (exact) mass is 174 g/mol. The molecule has 2 nitrogen and oxygen atoms in total. The average molecular weight is 174 g/mol. The molecule has 0 aromatic heterocycles. The van der Waals surface area contributed by atoms with Crippen LogP contribution in [0.5, 0.6) is 0 Å². The summed E-state index contributed by atoms with van der Waals surface area (Å²) in [6.07, 6.45) is 2.82. The predicted molar refractivity (Wildman–Crippen MR) is 45.3 cm³/mol. The van der Waals surface area contributed by atoms with Gasteiger partial charge in [0.05, 0.1) is 13.3 Å². The normalized spacial score (nSPS) is 26.0. The Hall–Kier alpha value is -0.150. The Morgan fingerprint density at radius 1 is 1.50 bits per heavy atom. The molecule has 3 heteroatoms. The second-order valence-corrected chi connectivity index (χ2v) is 3.52. The van der Waals surface area contributed by atoms with Gasteiger partial charge in [-0.05, 0) is 25.8 Å². The molecule has 1 fully saturated rings. The van der Waals surface area contributed by atoms with Gasteiger partial charge in [-0.1, -0.05) is 0 Å². The first-order valence-corrected chi connectivity index (χ1v) is 4.73. The van der Waals surface area contributed by atoms with Crippen LogP contribution < -0.4 is 0 Å². The van der Waals surface area contributed by atoms with E-state index in [1.54, 1.807) is 0 Å². The molecule has 0 bridgehead atoms. The summed E-state index contributed by atoms with van der Waals surface area (Å²) in [5.41, 5.74) is 0. The lowest BCUT2D eigenvalue weighted by atomic mass is 9.99. The lowest BCUT2D eigenvalue weighted by Crippen LogP contribution is -2.37. The first kappa shape index (κ1) is 9.93. The van der Waals surface area contributed by atoms with Crippen LogP contribution in [0.1, 0.15) is 19.3 Å². The van der Waals surface area contributed by atoms with Crippen LogP contribution in [0.4, 0.5) is 4.39 Å². The molecule has 0 aromatic carbocycles. The number of hydrogen-bond donors (Lipinski definition) is 0. The fourth-order valence-electron chi connectivity index (χ4n) is 1.77. The first-order chi connectivity index (χ1) is 5.86. The Morgan fingerprint density at radius 3 is 3.00 bits per heavy atom. The zero-order valence-electron chi connectivity index (χ0n) is 7.47. The molecule has 1 rings (SSSR count). The van der Waals surface area contributed by atoms with Crippen LogP contribution in [0.2, 0.25) is 0 Å². The van der Waals surface area contributed by atoms with Gasteiger partial charge >= 0.3 is 0 Å². The number of piperidine rings is 1. The van der Waals surface area contributed by atoms with E-state index in [4.69, 9.17) is 0 Å². The third-order valence-electron chi connectivity index (χ3n) is 2.44. The van der Waals surface area contributed by atoms with Crippen molar-refractivity contribution >= 4 is 0 Å². The second-order valence-electron chi connectivity index (χ2n) is 3.52. The van der Waals surface area contributed by atoms with Crippen LogP contribution in [0.3, 0.4) is 0 Å². The van der Waals surface area contributed by atoms with Gasteiger partial charge in [0.1, 0.15) is 0 Å². The molecule has 71 valence electrons. The minimum absolute atomic E-state index is 0.00318. The molecular formula is C9H17FNO. The van der Waals surface area contributed by atoms with E-state index in [9.17, 15) is 9.50 Å². The smallest absolute Gasteiger partial charge is 0.0934 e. The highest BCUT2D eigenvalue weighted by atomic mass is 19.1. The molecular weight excluding hydrogens is 157 g/mol. The molecule has 1 atom stereocenters. The zero-order chi connectivity index (χ0) is 8.81. The van der Waals surface area contributed by atoms with Crippen LogP contribution in [0.25, 0.3) is 0 Å². The fraction of sp³-hybridized carbons (Fsp3) is 1.00. The lowest BCUT2D eigenvalue weighted by Gasteiger charge is -2.30. The molecule has 12 heavy (non-hydrogen) atoms. The number of alkyl halides is 1. The van der Waals surface area contributed by atoms with E-state index in [1.807, 2.05) is 0 Å². The molecule has 1 radical (unpaired) electrons. The Labute approximate surface area is 73.4 Å². The maximum absolute atomic E-state index is 12.3. The topological polar surface area (TPSA) is 23.1 Å². The quantitative estimate of drug-likeness (QED) is 0.633. The fourth-order valence-corrected chi connectivity index (χ4v) is 1.77. The van der Waals surface area contributed by atoms with E-state index in [2.05, 4.69) is 4.90 Å². The first-order valence-electron chi connectivity index (χ1n) is 4.73. The summed E-state index contributed by atoms with van der Waals surface area (Å²) < 4.78 is 12.3. The Morgan fingerprint density at radius 2 is 2.33 bits per heavy atom. The zero-order valence-corrected chi connectivity index (χ0v) is 7.47. The molecule has 0 amide bonds. The maximum Gasteiger partial charge on any atom is 0.0934 e. The minimum atomic E-state index is -0.201. The summed E-state index contributed by atoms with van der Waals surface area (Å²) in [4.78, 5) is 2.21. The molecule has 1 aliphatic heterocycles. The van der Waals surface area contributed by atoms with Crippen LogP contribution in [-0.2, 0) is 5.11 Å². The van der Waals surface area contributed by atoms with Crippen molar-refractivity contribution in [1.82, 2.24) is 4.90 Å². The van der Waals surface area contributed by atoms with Gasteiger partial charge in [0.15, 0.2) is 0 Å². The van der Waals surface area contributed by atoms with Gasteiger partial charge < -0.3 is 4.90 Å². The predicted octanol–water partition coefficient (Wildman–Crippen LogP) is 1.49. The van der Waals surface area contributed by atoms with Crippen LogP contribution in [-0.4, -0.2) is 37.8 Å². The minimum Gasteiger partial charge on any atom is -0.303 e. The molecule has 1 unspecified atom stereocenters. The third kappa shape index (κ3) is 3.07. The van der Waals surface area contributed by atoms with Crippen molar-refractivity contribution in [3.05, 3.63) is 0 Å². The molecule has 0 N–H and O–H groups in total. The maximum atomic E-state index is 12.3. The Balaban J connectivity index is 2.16. The Kier molecular flexibility index (Phi) is 4.54. The van der Waals surface area contributed by atoms with Crippen molar-refractivity contribution in [1.29, 1.82) is 0 Å². The third-order valence-corrected chi connectivity index (χ3v) is 2.44. The number of hydrogen-bond acceptors (Lipinski definition) is 1. The highest BCUT2D eigenvalue weighted by molar-refractivity contribution is 4.71. The summed E-state index contributed by atoms with van der Waals surface area (Å²) >= 11 is 0. The summed E-state index contributed by atoms with van der Waals surface area (Å²) in [6, 6.07) is 0. The highest BCUT2D eigenvalue weighted by Gasteiger charge is 2.18. The van der Waals surface area contributed by atoms with E-state index in [-0.39, 0.29) is 19.2 Å². The number of rotatable bonds is 4. The van der Waals surface area contributed by atoms with Crippen LogP contribution >= 0.6 is 0 Å². The summed E-state index contributed by atoms with van der Waals surface area (Å²) in [5.74, 6) is 0.227. The number of halogens is 1. The van der Waals surface area contributed by atoms with E-state index >= 15 is 0 Å².